The van der Waals surface area contributed by atoms with Gasteiger partial charge in [0.1, 0.15) is 0 Å². The van der Waals surface area contributed by atoms with E-state index >= 15 is 0 Å². The average molecular weight is 1010 g/mol. The van der Waals surface area contributed by atoms with Crippen molar-refractivity contribution in [2.45, 2.75) is 0 Å². The Hall–Kier alpha value is -5.78. The lowest BCUT2D eigenvalue weighted by Crippen LogP contribution is -2.19. The highest BCUT2D eigenvalue weighted by atomic mass is 32.1. The van der Waals surface area contributed by atoms with Crippen molar-refractivity contribution in [2.75, 3.05) is 0 Å². The highest BCUT2D eigenvalue weighted by molar-refractivity contribution is 7.75. The van der Waals surface area contributed by atoms with Crippen LogP contribution in [0.5, 0.6) is 0 Å². The first-order chi connectivity index (χ1) is 31.8. The largest absolute Gasteiger partial charge is 0.183 e. The highest BCUT2D eigenvalue weighted by Crippen LogP contribution is 2.02. The standard InChI is InChI=1S/H3N25O37S2/c1-2-3-4-5-6-7-8-9-10-11-12-13-14-15-16-17-18-19-20-21-22-23-24-25(27-29-31-33-35-37-39-41-43-45-47-49-51-53-55-57-59-61-63)26-28-30-32-34-36-38-40-42-44-46-48-50-52-54-56-58-60-62-64/h1,63-64H/b2-1?,4-3+,6-5+,8-7+,10-9+,12-11+,14-13+,16-15+,18-17+,20-19+,22-21+,24-23+. The summed E-state index contributed by atoms with van der Waals surface area (Å²) in [6, 6.07) is 0. The van der Waals surface area contributed by atoms with Crippen LogP contribution in [0.15, 0.2) is 120 Å². The number of nitrogens with zero attached hydrogens (tertiary/aromatic N) is 24. The van der Waals surface area contributed by atoms with E-state index in [-0.39, 0.29) is 0 Å². The van der Waals surface area contributed by atoms with E-state index in [2.05, 4.69) is 331 Å². The lowest BCUT2D eigenvalue weighted by atomic mass is 12.3. The highest BCUT2D eigenvalue weighted by Gasteiger charge is 2.10. The van der Waals surface area contributed by atoms with E-state index in [0.29, 0.717) is 0 Å². The van der Waals surface area contributed by atoms with E-state index < -0.39 is 5.34 Å². The molecular weight excluding hydrogens is 1010 g/mol. The molecular formula is H3N25O37S2. The third kappa shape index (κ3) is 52.4. The molecule has 64 heavy (non-hydrogen) atoms. The van der Waals surface area contributed by atoms with Crippen LogP contribution in [0.4, 0.5) is 0 Å². The van der Waals surface area contributed by atoms with E-state index in [1.54, 1.807) is 0 Å². The second kappa shape index (κ2) is 55.2. The molecule has 0 heterocycles. The lowest BCUT2D eigenvalue weighted by molar-refractivity contribution is -0.897. The van der Waals surface area contributed by atoms with Crippen LogP contribution in [-0.2, 0) is 185 Å². The van der Waals surface area contributed by atoms with Crippen LogP contribution in [0.1, 0.15) is 0 Å². The fraction of sp³-hybridized carbons (Fsp3) is 0. The van der Waals surface area contributed by atoms with Crippen LogP contribution < -0.4 is 0 Å². The Morgan fingerprint density at radius 3 is 0.594 bits per heavy atom. The third-order valence-corrected chi connectivity index (χ3v) is 2.19. The molecule has 1 N–H and O–H groups in total. The summed E-state index contributed by atoms with van der Waals surface area (Å²) in [5.41, 5.74) is 6.26. The molecule has 0 aliphatic rings. The molecule has 0 amide bonds. The van der Waals surface area contributed by atoms with Gasteiger partial charge in [0.15, 0.2) is 0 Å². The molecule has 0 saturated carbocycles. The molecule has 0 bridgehead atoms. The summed E-state index contributed by atoms with van der Waals surface area (Å²) in [4.78, 5) is 8.10. The van der Waals surface area contributed by atoms with Crippen molar-refractivity contribution in [3.8, 4) is 0 Å². The van der Waals surface area contributed by atoms with Crippen LogP contribution in [0, 0.1) is 5.53 Å². The molecule has 0 aliphatic heterocycles. The lowest BCUT2D eigenvalue weighted by Gasteiger charge is -2.07. The molecule has 0 aromatic carbocycles. The smallest absolute Gasteiger partial charge is 0.0559 e. The summed E-state index contributed by atoms with van der Waals surface area (Å²) in [6.45, 7) is 0. The minimum Gasteiger partial charge on any atom is -0.183 e. The van der Waals surface area contributed by atoms with Crippen LogP contribution >= 0.6 is 25.8 Å². The van der Waals surface area contributed by atoms with Gasteiger partial charge in [-0.25, -0.2) is 0 Å². The van der Waals surface area contributed by atoms with E-state index in [1.165, 1.54) is 0 Å². The summed E-state index contributed by atoms with van der Waals surface area (Å²) < 4.78 is 7.17. The zero-order valence-corrected chi connectivity index (χ0v) is 29.0. The quantitative estimate of drug-likeness (QED) is 0.0197. The Balaban J connectivity index is 4.39. The van der Waals surface area contributed by atoms with Crippen molar-refractivity contribution in [3.05, 3.63) is 0 Å². The molecule has 362 valence electrons. The summed E-state index contributed by atoms with van der Waals surface area (Å²) >= 11 is 6.12. The summed E-state index contributed by atoms with van der Waals surface area (Å²) in [6.07, 6.45) is 0. The molecule has 0 spiro atoms. The Morgan fingerprint density at radius 1 is 0.219 bits per heavy atom. The van der Waals surface area contributed by atoms with Gasteiger partial charge in [-0.15, -0.1) is 8.67 Å². The Labute approximate surface area is 342 Å². The van der Waals surface area contributed by atoms with E-state index in [1.807, 2.05) is 0 Å². The summed E-state index contributed by atoms with van der Waals surface area (Å²) in [7, 11) is 0. The van der Waals surface area contributed by atoms with Crippen molar-refractivity contribution in [1.82, 2.24) is 5.34 Å². The van der Waals surface area contributed by atoms with Crippen molar-refractivity contribution in [1.29, 1.82) is 5.53 Å². The van der Waals surface area contributed by atoms with Gasteiger partial charge in [-0.3, -0.25) is 0 Å². The first-order valence-electron chi connectivity index (χ1n) is 11.4. The second-order valence-corrected chi connectivity index (χ2v) is 5.15. The Morgan fingerprint density at radius 2 is 0.391 bits per heavy atom. The maximum atomic E-state index is 6.26. The van der Waals surface area contributed by atoms with Crippen LogP contribution in [0.3, 0.4) is 0 Å². The predicted molar refractivity (Wildman–Crippen MR) is 119 cm³/mol. The average Bonchev–Trinajstić information content (AvgIpc) is 3.30. The Bertz CT molecular complexity index is 1320. The number of rotatable bonds is 49. The fourth-order valence-electron chi connectivity index (χ4n) is 0.883. The van der Waals surface area contributed by atoms with Gasteiger partial charge in [0.25, 0.3) is 0 Å². The van der Waals surface area contributed by atoms with Gasteiger partial charge < -0.3 is 0 Å². The van der Waals surface area contributed by atoms with Gasteiger partial charge in [-0.05, 0) is 213 Å². The number of nitrogens with one attached hydrogen (secondary N) is 1. The molecule has 0 saturated heterocycles. The third-order valence-electron chi connectivity index (χ3n) is 2.07. The molecule has 0 unspecified atom stereocenters. The minimum atomic E-state index is -0.399. The molecule has 0 fully saturated rings. The van der Waals surface area contributed by atoms with Crippen molar-refractivity contribution in [2.24, 2.45) is 120 Å². The van der Waals surface area contributed by atoms with Gasteiger partial charge in [-0.2, -0.15) is 5.53 Å². The number of hydrogen-bond donors (Lipinski definition) is 3. The van der Waals surface area contributed by atoms with Gasteiger partial charge in [0.05, 0.1) is 5.34 Å². The van der Waals surface area contributed by atoms with Crippen LogP contribution in [0.25, 0.3) is 0 Å². The Kier molecular flexibility index (Phi) is 50.2. The molecule has 0 aromatic rings. The molecule has 64 heteroatoms. The van der Waals surface area contributed by atoms with Crippen LogP contribution in [-0.4, -0.2) is 5.34 Å². The zero-order chi connectivity index (χ0) is 46.0. The first-order valence-corrected chi connectivity index (χ1v) is 12.1. The SMILES string of the molecule is N=N/N=N/N=N/N=N/N=N/N=N/N=N/N=N/N=N/N=N/N=N/N=N/N(OOOOOOOOOOOOOOOOOOS)OOOOOOOOOOOOOOOOOOOS. The second-order valence-electron chi connectivity index (χ2n) is 4.85. The maximum Gasteiger partial charge on any atom is 0.0559 e. The normalized spacial score (nSPS) is 13.0. The van der Waals surface area contributed by atoms with E-state index in [4.69, 9.17) is 5.53 Å². The summed E-state index contributed by atoms with van der Waals surface area (Å²) in [5, 5.41) is 184. The molecule has 0 radical (unpaired) electrons. The number of thiol groups is 2. The topological polar surface area (TPSA) is 653 Å². The number of hydrogen-bond acceptors (Lipinski definition) is 41. The zero-order valence-electron chi connectivity index (χ0n) is 27.2. The fourth-order valence-corrected chi connectivity index (χ4v) is 0.933. The van der Waals surface area contributed by atoms with Gasteiger partial charge in [0, 0.05) is 109 Å². The van der Waals surface area contributed by atoms with Crippen LogP contribution in [0.2, 0.25) is 0 Å². The summed E-state index contributed by atoms with van der Waals surface area (Å²) in [5.74, 6) is 0. The van der Waals surface area contributed by atoms with E-state index in [9.17, 15) is 0 Å². The van der Waals surface area contributed by atoms with Gasteiger partial charge >= 0.3 is 0 Å². The van der Waals surface area contributed by atoms with E-state index in [0.717, 1.165) is 0 Å². The van der Waals surface area contributed by atoms with Gasteiger partial charge in [-0.1, -0.05) is 0 Å². The first kappa shape index (κ1) is 58.2. The molecule has 0 atom stereocenters. The van der Waals surface area contributed by atoms with Crippen molar-refractivity contribution < 1.29 is 185 Å². The predicted octanol–water partition coefficient (Wildman–Crippen LogP) is 2.43. The maximum absolute atomic E-state index is 6.26. The minimum absolute atomic E-state index is 0.399. The molecule has 0 aromatic heterocycles. The molecule has 62 nitrogen and oxygen atoms in total. The molecule has 0 rings (SSSR count). The molecule has 0 aliphatic carbocycles. The van der Waals surface area contributed by atoms with Crippen molar-refractivity contribution in [3.63, 3.8) is 0 Å². The monoisotopic (exact) mass is 1010 g/mol. The van der Waals surface area contributed by atoms with Crippen molar-refractivity contribution >= 4 is 25.8 Å². The van der Waals surface area contributed by atoms with Gasteiger partial charge in [0.2, 0.25) is 0 Å².